The van der Waals surface area contributed by atoms with E-state index in [2.05, 4.69) is 15.4 Å². The number of hydrogen-bond acceptors (Lipinski definition) is 4. The molecular weight excluding hydrogens is 328 g/mol. The maximum atomic E-state index is 12.6. The van der Waals surface area contributed by atoms with Crippen LogP contribution in [0.25, 0.3) is 16.9 Å². The third kappa shape index (κ3) is 2.88. The summed E-state index contributed by atoms with van der Waals surface area (Å²) in [6.45, 7) is 0. The fraction of sp³-hybridized carbons (Fsp3) is 0.0500. The smallest absolute Gasteiger partial charge is 0.276 e. The largest absolute Gasteiger partial charge is 0.495 e. The van der Waals surface area contributed by atoms with Crippen LogP contribution in [0, 0.1) is 0 Å². The maximum Gasteiger partial charge on any atom is 0.276 e. The highest BCUT2D eigenvalue weighted by molar-refractivity contribution is 6.04. The first-order chi connectivity index (χ1) is 12.8. The molecule has 1 amide bonds. The van der Waals surface area contributed by atoms with Crippen LogP contribution < -0.4 is 10.1 Å². The van der Waals surface area contributed by atoms with Crippen LogP contribution in [-0.4, -0.2) is 27.6 Å². The van der Waals surface area contributed by atoms with E-state index in [1.54, 1.807) is 36.0 Å². The number of benzene rings is 2. The minimum atomic E-state index is -0.320. The van der Waals surface area contributed by atoms with Crippen molar-refractivity contribution in [3.8, 4) is 17.0 Å². The van der Waals surface area contributed by atoms with E-state index in [0.29, 0.717) is 17.1 Å². The first-order valence-corrected chi connectivity index (χ1v) is 8.11. The first kappa shape index (κ1) is 15.8. The van der Waals surface area contributed by atoms with E-state index in [0.717, 1.165) is 11.3 Å². The highest BCUT2D eigenvalue weighted by Crippen LogP contribution is 2.24. The second-order valence-electron chi connectivity index (χ2n) is 5.65. The minimum absolute atomic E-state index is 0.284. The Labute approximate surface area is 150 Å². The maximum absolute atomic E-state index is 12.6. The zero-order chi connectivity index (χ0) is 17.9. The lowest BCUT2D eigenvalue weighted by Gasteiger charge is -2.08. The van der Waals surface area contributed by atoms with Gasteiger partial charge in [0.05, 0.1) is 18.5 Å². The highest BCUT2D eigenvalue weighted by Gasteiger charge is 2.15. The number of nitrogens with one attached hydrogen (secondary N) is 1. The molecule has 0 spiro atoms. The van der Waals surface area contributed by atoms with Gasteiger partial charge < -0.3 is 10.1 Å². The number of rotatable bonds is 4. The Balaban J connectivity index is 1.71. The predicted molar refractivity (Wildman–Crippen MR) is 99.4 cm³/mol. The van der Waals surface area contributed by atoms with Crippen LogP contribution >= 0.6 is 0 Å². The van der Waals surface area contributed by atoms with Crippen LogP contribution in [-0.2, 0) is 0 Å². The number of fused-ring (bicyclic) bond motifs is 1. The standard InChI is InChI=1S/C20H16N4O2/c1-26-18-10-6-5-9-15(18)22-20(25)16-13-19-21-12-11-17(24(19)23-16)14-7-3-2-4-8-14/h2-13H,1H3,(H,22,25). The zero-order valence-corrected chi connectivity index (χ0v) is 14.1. The summed E-state index contributed by atoms with van der Waals surface area (Å²) in [5.41, 5.74) is 3.35. The second kappa shape index (κ2) is 6.68. The van der Waals surface area contributed by atoms with E-state index >= 15 is 0 Å². The first-order valence-electron chi connectivity index (χ1n) is 8.11. The number of anilines is 1. The Morgan fingerprint density at radius 2 is 1.81 bits per heavy atom. The van der Waals surface area contributed by atoms with Crippen LogP contribution in [0.2, 0.25) is 0 Å². The molecule has 2 heterocycles. The molecule has 0 aliphatic rings. The monoisotopic (exact) mass is 344 g/mol. The number of hydrogen-bond donors (Lipinski definition) is 1. The van der Waals surface area contributed by atoms with Crippen molar-refractivity contribution < 1.29 is 9.53 Å². The Morgan fingerprint density at radius 1 is 1.04 bits per heavy atom. The number of carbonyl (C=O) groups excluding carboxylic acids is 1. The van der Waals surface area contributed by atoms with Gasteiger partial charge in [-0.1, -0.05) is 42.5 Å². The Morgan fingerprint density at radius 3 is 2.62 bits per heavy atom. The average Bonchev–Trinajstić information content (AvgIpc) is 3.13. The van der Waals surface area contributed by atoms with Gasteiger partial charge in [0, 0.05) is 17.8 Å². The van der Waals surface area contributed by atoms with Crippen molar-refractivity contribution in [3.05, 3.63) is 78.6 Å². The van der Waals surface area contributed by atoms with Crippen molar-refractivity contribution in [2.45, 2.75) is 0 Å². The summed E-state index contributed by atoms with van der Waals surface area (Å²) in [4.78, 5) is 16.9. The van der Waals surface area contributed by atoms with Gasteiger partial charge in [0.2, 0.25) is 0 Å². The summed E-state index contributed by atoms with van der Waals surface area (Å²) in [6.07, 6.45) is 1.71. The van der Waals surface area contributed by atoms with Crippen LogP contribution in [0.4, 0.5) is 5.69 Å². The lowest BCUT2D eigenvalue weighted by molar-refractivity contribution is 0.102. The summed E-state index contributed by atoms with van der Waals surface area (Å²) in [5, 5.41) is 7.27. The Kier molecular flexibility index (Phi) is 4.07. The van der Waals surface area contributed by atoms with Gasteiger partial charge in [-0.25, -0.2) is 9.50 Å². The molecule has 0 bridgehead atoms. The molecule has 0 saturated carbocycles. The summed E-state index contributed by atoms with van der Waals surface area (Å²) < 4.78 is 6.94. The summed E-state index contributed by atoms with van der Waals surface area (Å²) in [6, 6.07) is 20.6. The SMILES string of the molecule is COc1ccccc1NC(=O)c1cc2nccc(-c3ccccc3)n2n1. The van der Waals surface area contributed by atoms with Crippen molar-refractivity contribution in [1.82, 2.24) is 14.6 Å². The van der Waals surface area contributed by atoms with E-state index in [4.69, 9.17) is 4.74 Å². The van der Waals surface area contributed by atoms with Gasteiger partial charge in [-0.2, -0.15) is 5.10 Å². The number of para-hydroxylation sites is 2. The van der Waals surface area contributed by atoms with E-state index < -0.39 is 0 Å². The fourth-order valence-corrected chi connectivity index (χ4v) is 2.77. The third-order valence-corrected chi connectivity index (χ3v) is 4.02. The summed E-state index contributed by atoms with van der Waals surface area (Å²) >= 11 is 0. The number of aromatic nitrogens is 3. The number of carbonyl (C=O) groups is 1. The van der Waals surface area contributed by atoms with Gasteiger partial charge in [-0.3, -0.25) is 4.79 Å². The fourth-order valence-electron chi connectivity index (χ4n) is 2.77. The van der Waals surface area contributed by atoms with Crippen molar-refractivity contribution in [1.29, 1.82) is 0 Å². The van der Waals surface area contributed by atoms with Crippen LogP contribution in [0.15, 0.2) is 72.9 Å². The molecule has 6 nitrogen and oxygen atoms in total. The number of nitrogens with zero attached hydrogens (tertiary/aromatic N) is 3. The van der Waals surface area contributed by atoms with Crippen LogP contribution in [0.5, 0.6) is 5.75 Å². The average molecular weight is 344 g/mol. The third-order valence-electron chi connectivity index (χ3n) is 4.02. The number of amides is 1. The van der Waals surface area contributed by atoms with E-state index in [1.807, 2.05) is 48.5 Å². The molecule has 4 rings (SSSR count). The zero-order valence-electron chi connectivity index (χ0n) is 14.1. The molecular formula is C20H16N4O2. The summed E-state index contributed by atoms with van der Waals surface area (Å²) in [5.74, 6) is 0.270. The minimum Gasteiger partial charge on any atom is -0.495 e. The highest BCUT2D eigenvalue weighted by atomic mass is 16.5. The van der Waals surface area contributed by atoms with Crippen LogP contribution in [0.3, 0.4) is 0 Å². The Bertz CT molecular complexity index is 1070. The van der Waals surface area contributed by atoms with Gasteiger partial charge in [0.1, 0.15) is 5.75 Å². The van der Waals surface area contributed by atoms with E-state index in [9.17, 15) is 4.79 Å². The molecule has 0 saturated heterocycles. The number of methoxy groups -OCH3 is 1. The normalized spacial score (nSPS) is 10.7. The van der Waals surface area contributed by atoms with Crippen molar-refractivity contribution in [2.24, 2.45) is 0 Å². The molecule has 0 aliphatic carbocycles. The topological polar surface area (TPSA) is 68.5 Å². The van der Waals surface area contributed by atoms with E-state index in [-0.39, 0.29) is 11.6 Å². The molecule has 26 heavy (non-hydrogen) atoms. The van der Waals surface area contributed by atoms with Gasteiger partial charge in [-0.05, 0) is 18.2 Å². The lowest BCUT2D eigenvalue weighted by Crippen LogP contribution is -2.13. The molecule has 2 aromatic carbocycles. The van der Waals surface area contributed by atoms with Crippen molar-refractivity contribution >= 4 is 17.2 Å². The molecule has 2 aromatic heterocycles. The Hall–Kier alpha value is -3.67. The molecule has 0 radical (unpaired) electrons. The van der Waals surface area contributed by atoms with Crippen molar-refractivity contribution in [3.63, 3.8) is 0 Å². The second-order valence-corrected chi connectivity index (χ2v) is 5.65. The molecule has 4 aromatic rings. The predicted octanol–water partition coefficient (Wildman–Crippen LogP) is 3.66. The van der Waals surface area contributed by atoms with Gasteiger partial charge in [0.25, 0.3) is 5.91 Å². The van der Waals surface area contributed by atoms with Crippen LogP contribution in [0.1, 0.15) is 10.5 Å². The lowest BCUT2D eigenvalue weighted by atomic mass is 10.1. The molecule has 0 atom stereocenters. The van der Waals surface area contributed by atoms with Gasteiger partial charge in [0.15, 0.2) is 11.3 Å². The van der Waals surface area contributed by atoms with Crippen molar-refractivity contribution in [2.75, 3.05) is 12.4 Å². The number of ether oxygens (including phenoxy) is 1. The van der Waals surface area contributed by atoms with Gasteiger partial charge in [-0.15, -0.1) is 0 Å². The van der Waals surface area contributed by atoms with E-state index in [1.165, 1.54) is 0 Å². The molecule has 1 N–H and O–H groups in total. The molecule has 0 fully saturated rings. The molecule has 0 aliphatic heterocycles. The summed E-state index contributed by atoms with van der Waals surface area (Å²) in [7, 11) is 1.56. The molecule has 128 valence electrons. The molecule has 0 unspecified atom stereocenters. The molecule has 6 heteroatoms. The quantitative estimate of drug-likeness (QED) is 0.613. The van der Waals surface area contributed by atoms with Gasteiger partial charge >= 0.3 is 0 Å².